The highest BCUT2D eigenvalue weighted by Gasteiger charge is 2.24. The van der Waals surface area contributed by atoms with Crippen LogP contribution in [0.25, 0.3) is 0 Å². The number of aliphatic hydroxyl groups excluding tert-OH is 1. The van der Waals surface area contributed by atoms with Gasteiger partial charge in [-0.2, -0.15) is 0 Å². The first kappa shape index (κ1) is 14.8. The molecule has 2 N–H and O–H groups in total. The normalized spacial score (nSPS) is 18.9. The molecule has 0 aliphatic carbocycles. The molecule has 6 heteroatoms. The largest absolute Gasteiger partial charge is 0.490 e. The van der Waals surface area contributed by atoms with Gasteiger partial charge in [-0.05, 0) is 32.1 Å². The number of aliphatic hydroxyl groups is 1. The molecule has 0 amide bonds. The highest BCUT2D eigenvalue weighted by atomic mass is 16.5. The van der Waals surface area contributed by atoms with Crippen molar-refractivity contribution >= 4 is 11.6 Å². The maximum Gasteiger partial charge on any atom is 0.204 e. The van der Waals surface area contributed by atoms with E-state index in [4.69, 9.17) is 9.84 Å². The molecule has 1 aromatic heterocycles. The van der Waals surface area contributed by atoms with Crippen LogP contribution in [0, 0.1) is 5.92 Å². The van der Waals surface area contributed by atoms with Crippen LogP contribution in [-0.2, 0) is 0 Å². The molecule has 1 fully saturated rings. The summed E-state index contributed by atoms with van der Waals surface area (Å²) in [7, 11) is 1.65. The molecule has 1 atom stereocenters. The molecule has 1 aliphatic rings. The summed E-state index contributed by atoms with van der Waals surface area (Å²) in [6, 6.07) is 0. The van der Waals surface area contributed by atoms with Crippen molar-refractivity contribution in [2.45, 2.75) is 26.2 Å². The maximum atomic E-state index is 9.11. The van der Waals surface area contributed by atoms with Gasteiger partial charge in [0.25, 0.3) is 0 Å². The van der Waals surface area contributed by atoms with Crippen LogP contribution in [0.5, 0.6) is 5.75 Å². The number of rotatable bonds is 6. The minimum absolute atomic E-state index is 0.252. The number of nitrogens with zero attached hydrogens (tertiary/aromatic N) is 3. The van der Waals surface area contributed by atoms with Crippen LogP contribution in [-0.4, -0.2) is 48.4 Å². The lowest BCUT2D eigenvalue weighted by atomic mass is 9.95. The van der Waals surface area contributed by atoms with Crippen LogP contribution in [0.15, 0.2) is 6.33 Å². The van der Waals surface area contributed by atoms with E-state index in [1.807, 2.05) is 6.92 Å². The summed E-state index contributed by atoms with van der Waals surface area (Å²) >= 11 is 0. The van der Waals surface area contributed by atoms with Gasteiger partial charge in [-0.15, -0.1) is 0 Å². The monoisotopic (exact) mass is 280 g/mol. The number of piperidine rings is 1. The molecule has 1 unspecified atom stereocenters. The average Bonchev–Trinajstić information content (AvgIpc) is 2.48. The number of nitrogens with one attached hydrogen (secondary N) is 1. The molecular weight excluding hydrogens is 256 g/mol. The van der Waals surface area contributed by atoms with E-state index in [2.05, 4.69) is 20.2 Å². The van der Waals surface area contributed by atoms with Crippen molar-refractivity contribution in [3.8, 4) is 5.75 Å². The number of ether oxygens (including phenoxy) is 1. The average molecular weight is 280 g/mol. The van der Waals surface area contributed by atoms with Crippen molar-refractivity contribution in [1.82, 2.24) is 9.97 Å². The smallest absolute Gasteiger partial charge is 0.204 e. The molecule has 0 bridgehead atoms. The van der Waals surface area contributed by atoms with Crippen molar-refractivity contribution in [1.29, 1.82) is 0 Å². The summed E-state index contributed by atoms with van der Waals surface area (Å²) in [5.74, 6) is 2.82. The molecule has 0 spiro atoms. The van der Waals surface area contributed by atoms with Crippen molar-refractivity contribution in [2.24, 2.45) is 5.92 Å². The first-order valence-electron chi connectivity index (χ1n) is 7.28. The molecule has 1 aliphatic heterocycles. The lowest BCUT2D eigenvalue weighted by Gasteiger charge is -2.34. The molecule has 6 nitrogen and oxygen atoms in total. The number of hydrogen-bond acceptors (Lipinski definition) is 6. The van der Waals surface area contributed by atoms with Gasteiger partial charge in [0.05, 0.1) is 7.11 Å². The van der Waals surface area contributed by atoms with E-state index in [9.17, 15) is 0 Å². The van der Waals surface area contributed by atoms with E-state index >= 15 is 0 Å². The number of hydrogen-bond donors (Lipinski definition) is 2. The Labute approximate surface area is 120 Å². The van der Waals surface area contributed by atoms with Crippen LogP contribution < -0.4 is 15.0 Å². The lowest BCUT2D eigenvalue weighted by molar-refractivity contribution is 0.244. The van der Waals surface area contributed by atoms with E-state index in [-0.39, 0.29) is 6.61 Å². The molecular formula is C14H24N4O2. The second kappa shape index (κ2) is 7.28. The topological polar surface area (TPSA) is 70.5 Å². The van der Waals surface area contributed by atoms with E-state index in [0.717, 1.165) is 44.1 Å². The van der Waals surface area contributed by atoms with Crippen molar-refractivity contribution in [3.63, 3.8) is 0 Å². The van der Waals surface area contributed by atoms with Gasteiger partial charge in [0.2, 0.25) is 5.75 Å². The van der Waals surface area contributed by atoms with E-state index in [0.29, 0.717) is 11.7 Å². The van der Waals surface area contributed by atoms with Gasteiger partial charge < -0.3 is 20.1 Å². The number of anilines is 2. The molecule has 2 rings (SSSR count). The standard InChI is InChI=1S/C14H24N4O2/c1-3-15-13-12(20-2)14(17-10-16-13)18-7-4-5-11(9-18)6-8-19/h10-11,19H,3-9H2,1-2H3,(H,15,16,17). The van der Waals surface area contributed by atoms with Crippen molar-refractivity contribution < 1.29 is 9.84 Å². The summed E-state index contributed by atoms with van der Waals surface area (Å²) in [6.07, 6.45) is 4.72. The first-order valence-corrected chi connectivity index (χ1v) is 7.28. The van der Waals surface area contributed by atoms with Crippen molar-refractivity contribution in [2.75, 3.05) is 43.6 Å². The van der Waals surface area contributed by atoms with E-state index in [1.54, 1.807) is 13.4 Å². The molecule has 0 aromatic carbocycles. The van der Waals surface area contributed by atoms with Crippen molar-refractivity contribution in [3.05, 3.63) is 6.33 Å². The van der Waals surface area contributed by atoms with E-state index in [1.165, 1.54) is 6.42 Å². The summed E-state index contributed by atoms with van der Waals surface area (Å²) in [5.41, 5.74) is 0. The molecule has 1 saturated heterocycles. The summed E-state index contributed by atoms with van der Waals surface area (Å²) < 4.78 is 5.50. The van der Waals surface area contributed by atoms with Gasteiger partial charge in [-0.25, -0.2) is 9.97 Å². The molecule has 112 valence electrons. The maximum absolute atomic E-state index is 9.11. The first-order chi connectivity index (χ1) is 9.80. The van der Waals surface area contributed by atoms with Gasteiger partial charge in [0.15, 0.2) is 11.6 Å². The Bertz CT molecular complexity index is 426. The Kier molecular flexibility index (Phi) is 5.40. The molecule has 2 heterocycles. The van der Waals surface area contributed by atoms with Gasteiger partial charge in [-0.1, -0.05) is 0 Å². The summed E-state index contributed by atoms with van der Waals surface area (Å²) in [6.45, 7) is 4.96. The van der Waals surface area contributed by atoms with Crippen LogP contribution in [0.3, 0.4) is 0 Å². The highest BCUT2D eigenvalue weighted by molar-refractivity contribution is 5.64. The van der Waals surface area contributed by atoms with Crippen LogP contribution in [0.1, 0.15) is 26.2 Å². The second-order valence-corrected chi connectivity index (χ2v) is 5.08. The fourth-order valence-corrected chi connectivity index (χ4v) is 2.75. The fraction of sp³-hybridized carbons (Fsp3) is 0.714. The predicted molar refractivity (Wildman–Crippen MR) is 79.4 cm³/mol. The summed E-state index contributed by atoms with van der Waals surface area (Å²) in [4.78, 5) is 10.9. The second-order valence-electron chi connectivity index (χ2n) is 5.08. The third-order valence-electron chi connectivity index (χ3n) is 3.69. The molecule has 0 radical (unpaired) electrons. The third-order valence-corrected chi connectivity index (χ3v) is 3.69. The lowest BCUT2D eigenvalue weighted by Crippen LogP contribution is -2.36. The highest BCUT2D eigenvalue weighted by Crippen LogP contribution is 2.34. The third kappa shape index (κ3) is 3.30. The zero-order valence-corrected chi connectivity index (χ0v) is 12.3. The Balaban J connectivity index is 2.20. The van der Waals surface area contributed by atoms with Crippen LogP contribution >= 0.6 is 0 Å². The summed E-state index contributed by atoms with van der Waals surface area (Å²) in [5, 5.41) is 12.3. The Morgan fingerprint density at radius 3 is 3.05 bits per heavy atom. The van der Waals surface area contributed by atoms with Gasteiger partial charge in [0, 0.05) is 26.2 Å². The number of methoxy groups -OCH3 is 1. The zero-order chi connectivity index (χ0) is 14.4. The minimum atomic E-state index is 0.252. The van der Waals surface area contributed by atoms with E-state index < -0.39 is 0 Å². The van der Waals surface area contributed by atoms with Gasteiger partial charge >= 0.3 is 0 Å². The molecule has 1 aromatic rings. The molecule has 20 heavy (non-hydrogen) atoms. The molecule has 0 saturated carbocycles. The quantitative estimate of drug-likeness (QED) is 0.823. The van der Waals surface area contributed by atoms with Gasteiger partial charge in [0.1, 0.15) is 6.33 Å². The SMILES string of the molecule is CCNc1ncnc(N2CCCC(CCO)C2)c1OC. The Morgan fingerprint density at radius 1 is 1.50 bits per heavy atom. The van der Waals surface area contributed by atoms with Crippen LogP contribution in [0.4, 0.5) is 11.6 Å². The predicted octanol–water partition coefficient (Wildman–Crippen LogP) is 1.52. The minimum Gasteiger partial charge on any atom is -0.490 e. The number of aromatic nitrogens is 2. The van der Waals surface area contributed by atoms with Gasteiger partial charge in [-0.3, -0.25) is 0 Å². The van der Waals surface area contributed by atoms with Crippen LogP contribution in [0.2, 0.25) is 0 Å². The Morgan fingerprint density at radius 2 is 2.35 bits per heavy atom. The fourth-order valence-electron chi connectivity index (χ4n) is 2.75. The zero-order valence-electron chi connectivity index (χ0n) is 12.3. The Hall–Kier alpha value is -1.56.